The minimum absolute atomic E-state index is 0.0298. The van der Waals surface area contributed by atoms with E-state index in [9.17, 15) is 13.2 Å². The molecule has 0 atom stereocenters. The number of hydrogen-bond acceptors (Lipinski definition) is 1. The van der Waals surface area contributed by atoms with E-state index < -0.39 is 17.5 Å². The summed E-state index contributed by atoms with van der Waals surface area (Å²) < 4.78 is 40.2. The topological polar surface area (TPSA) is 12.0 Å². The SMILES string of the molecule is CNCCC1(CCc2c(F)cc(F)cc2F)CCCC1. The summed E-state index contributed by atoms with van der Waals surface area (Å²) in [5.74, 6) is -2.37. The highest BCUT2D eigenvalue weighted by Gasteiger charge is 2.33. The van der Waals surface area contributed by atoms with E-state index in [0.717, 1.165) is 44.4 Å². The van der Waals surface area contributed by atoms with Gasteiger partial charge in [-0.25, -0.2) is 13.2 Å². The molecule has 0 spiro atoms. The van der Waals surface area contributed by atoms with E-state index in [0.29, 0.717) is 6.42 Å². The average Bonchev–Trinajstić information content (AvgIpc) is 2.84. The van der Waals surface area contributed by atoms with E-state index in [4.69, 9.17) is 0 Å². The summed E-state index contributed by atoms with van der Waals surface area (Å²) in [6, 6.07) is 1.54. The van der Waals surface area contributed by atoms with Crippen molar-refractivity contribution in [1.82, 2.24) is 5.32 Å². The molecule has 0 radical (unpaired) electrons. The van der Waals surface area contributed by atoms with Gasteiger partial charge in [0.05, 0.1) is 0 Å². The maximum Gasteiger partial charge on any atom is 0.132 e. The van der Waals surface area contributed by atoms with Gasteiger partial charge in [-0.3, -0.25) is 0 Å². The van der Waals surface area contributed by atoms with Gasteiger partial charge in [0, 0.05) is 17.7 Å². The van der Waals surface area contributed by atoms with Crippen LogP contribution in [0.2, 0.25) is 0 Å². The lowest BCUT2D eigenvalue weighted by Gasteiger charge is -2.29. The van der Waals surface area contributed by atoms with Crippen LogP contribution in [0.4, 0.5) is 13.2 Å². The number of rotatable bonds is 6. The van der Waals surface area contributed by atoms with E-state index in [1.165, 1.54) is 12.8 Å². The van der Waals surface area contributed by atoms with Crippen molar-refractivity contribution < 1.29 is 13.2 Å². The lowest BCUT2D eigenvalue weighted by molar-refractivity contribution is 0.245. The molecule has 1 aliphatic carbocycles. The summed E-state index contributed by atoms with van der Waals surface area (Å²) in [7, 11) is 1.92. The van der Waals surface area contributed by atoms with Gasteiger partial charge in [-0.05, 0) is 51.1 Å². The molecule has 1 N–H and O–H groups in total. The minimum atomic E-state index is -0.852. The fraction of sp³-hybridized carbons (Fsp3) is 0.625. The smallest absolute Gasteiger partial charge is 0.132 e. The first-order valence-corrected chi connectivity index (χ1v) is 7.34. The molecule has 0 heterocycles. The van der Waals surface area contributed by atoms with Gasteiger partial charge in [0.2, 0.25) is 0 Å². The Bertz CT molecular complexity index is 430. The largest absolute Gasteiger partial charge is 0.320 e. The Morgan fingerprint density at radius 1 is 1.05 bits per heavy atom. The summed E-state index contributed by atoms with van der Waals surface area (Å²) >= 11 is 0. The van der Waals surface area contributed by atoms with Crippen molar-refractivity contribution >= 4 is 0 Å². The highest BCUT2D eigenvalue weighted by molar-refractivity contribution is 5.21. The molecule has 20 heavy (non-hydrogen) atoms. The maximum absolute atomic E-state index is 13.7. The highest BCUT2D eigenvalue weighted by atomic mass is 19.1. The van der Waals surface area contributed by atoms with Crippen LogP contribution >= 0.6 is 0 Å². The molecule has 0 saturated heterocycles. The number of nitrogens with one attached hydrogen (secondary N) is 1. The molecule has 1 fully saturated rings. The number of halogens is 3. The average molecular weight is 285 g/mol. The second kappa shape index (κ2) is 6.61. The van der Waals surface area contributed by atoms with Crippen LogP contribution < -0.4 is 5.32 Å². The second-order valence-electron chi connectivity index (χ2n) is 5.91. The third-order valence-electron chi connectivity index (χ3n) is 4.58. The van der Waals surface area contributed by atoms with Gasteiger partial charge >= 0.3 is 0 Å². The van der Waals surface area contributed by atoms with Crippen LogP contribution in [0, 0.1) is 22.9 Å². The standard InChI is InChI=1S/C16H22F3N/c1-20-9-8-16(5-2-3-6-16)7-4-13-14(18)10-12(17)11-15(13)19/h10-11,20H,2-9H2,1H3. The van der Waals surface area contributed by atoms with Gasteiger partial charge in [-0.15, -0.1) is 0 Å². The van der Waals surface area contributed by atoms with Gasteiger partial charge in [0.1, 0.15) is 17.5 Å². The van der Waals surface area contributed by atoms with Gasteiger partial charge in [0.25, 0.3) is 0 Å². The van der Waals surface area contributed by atoms with Crippen molar-refractivity contribution in [2.24, 2.45) is 5.41 Å². The summed E-state index contributed by atoms with van der Waals surface area (Å²) in [6.07, 6.45) is 6.79. The monoisotopic (exact) mass is 285 g/mol. The van der Waals surface area contributed by atoms with Gasteiger partial charge in [-0.1, -0.05) is 12.8 Å². The predicted molar refractivity (Wildman–Crippen MR) is 74.1 cm³/mol. The van der Waals surface area contributed by atoms with Crippen LogP contribution in [0.1, 0.15) is 44.1 Å². The fourth-order valence-electron chi connectivity index (χ4n) is 3.34. The molecule has 1 aliphatic rings. The van der Waals surface area contributed by atoms with Crippen LogP contribution in [-0.4, -0.2) is 13.6 Å². The lowest BCUT2D eigenvalue weighted by atomic mass is 9.77. The molecule has 4 heteroatoms. The first-order valence-electron chi connectivity index (χ1n) is 7.34. The Balaban J connectivity index is 2.06. The molecule has 0 unspecified atom stereocenters. The van der Waals surface area contributed by atoms with Crippen molar-refractivity contribution in [3.8, 4) is 0 Å². The first-order chi connectivity index (χ1) is 9.56. The zero-order valence-electron chi connectivity index (χ0n) is 11.9. The predicted octanol–water partition coefficient (Wildman–Crippen LogP) is 4.21. The quantitative estimate of drug-likeness (QED) is 0.825. The summed E-state index contributed by atoms with van der Waals surface area (Å²) in [4.78, 5) is 0. The van der Waals surface area contributed by atoms with E-state index in [-0.39, 0.29) is 11.0 Å². The van der Waals surface area contributed by atoms with Crippen LogP contribution in [0.25, 0.3) is 0 Å². The van der Waals surface area contributed by atoms with Crippen LogP contribution in [0.3, 0.4) is 0 Å². The molecular formula is C16H22F3N. The molecule has 112 valence electrons. The van der Waals surface area contributed by atoms with Crippen molar-refractivity contribution in [1.29, 1.82) is 0 Å². The van der Waals surface area contributed by atoms with E-state index in [1.807, 2.05) is 7.05 Å². The van der Waals surface area contributed by atoms with Crippen LogP contribution in [0.5, 0.6) is 0 Å². The van der Waals surface area contributed by atoms with Gasteiger partial charge < -0.3 is 5.32 Å². The third kappa shape index (κ3) is 3.54. The zero-order valence-corrected chi connectivity index (χ0v) is 11.9. The number of benzene rings is 1. The first kappa shape index (κ1) is 15.4. The molecule has 0 bridgehead atoms. The molecule has 1 nitrogen and oxygen atoms in total. The van der Waals surface area contributed by atoms with E-state index in [1.54, 1.807) is 0 Å². The molecule has 0 aromatic heterocycles. The fourth-order valence-corrected chi connectivity index (χ4v) is 3.34. The van der Waals surface area contributed by atoms with Gasteiger partial charge in [0.15, 0.2) is 0 Å². The van der Waals surface area contributed by atoms with E-state index >= 15 is 0 Å². The van der Waals surface area contributed by atoms with Crippen LogP contribution in [-0.2, 0) is 6.42 Å². The molecular weight excluding hydrogens is 263 g/mol. The van der Waals surface area contributed by atoms with Gasteiger partial charge in [-0.2, -0.15) is 0 Å². The summed E-state index contributed by atoms with van der Waals surface area (Å²) in [5.41, 5.74) is 0.221. The highest BCUT2D eigenvalue weighted by Crippen LogP contribution is 2.44. The van der Waals surface area contributed by atoms with Crippen molar-refractivity contribution in [3.05, 3.63) is 35.1 Å². The second-order valence-corrected chi connectivity index (χ2v) is 5.91. The number of hydrogen-bond donors (Lipinski definition) is 1. The Kier molecular flexibility index (Phi) is 5.08. The van der Waals surface area contributed by atoms with E-state index in [2.05, 4.69) is 5.32 Å². The summed E-state index contributed by atoms with van der Waals surface area (Å²) in [5, 5.41) is 3.15. The molecule has 0 amide bonds. The summed E-state index contributed by atoms with van der Waals surface area (Å²) in [6.45, 7) is 0.925. The van der Waals surface area contributed by atoms with Crippen LogP contribution in [0.15, 0.2) is 12.1 Å². The van der Waals surface area contributed by atoms with Crippen molar-refractivity contribution in [2.75, 3.05) is 13.6 Å². The Morgan fingerprint density at radius 3 is 2.20 bits per heavy atom. The Hall–Kier alpha value is -1.03. The molecule has 1 aromatic rings. The minimum Gasteiger partial charge on any atom is -0.320 e. The van der Waals surface area contributed by atoms with Crippen molar-refractivity contribution in [2.45, 2.75) is 44.9 Å². The Morgan fingerprint density at radius 2 is 1.65 bits per heavy atom. The third-order valence-corrected chi connectivity index (χ3v) is 4.58. The normalized spacial score (nSPS) is 17.6. The maximum atomic E-state index is 13.7. The van der Waals surface area contributed by atoms with Crippen molar-refractivity contribution in [3.63, 3.8) is 0 Å². The zero-order chi connectivity index (χ0) is 14.6. The molecule has 2 rings (SSSR count). The molecule has 1 saturated carbocycles. The Labute approximate surface area is 118 Å². The lowest BCUT2D eigenvalue weighted by Crippen LogP contribution is -2.24. The molecule has 0 aliphatic heterocycles. The molecule has 1 aromatic carbocycles.